The Morgan fingerprint density at radius 2 is 2.29 bits per heavy atom. The molecular weight excluding hydrogens is 284 g/mol. The zero-order valence-electron chi connectivity index (χ0n) is 13.0. The van der Waals surface area contributed by atoms with Crippen LogP contribution in [0.1, 0.15) is 23.3 Å². The third kappa shape index (κ3) is 3.30. The van der Waals surface area contributed by atoms with Crippen LogP contribution in [0, 0.1) is 12.8 Å². The van der Waals surface area contributed by atoms with Gasteiger partial charge in [0, 0.05) is 44.5 Å². The lowest BCUT2D eigenvalue weighted by atomic mass is 10.0. The fourth-order valence-corrected chi connectivity index (χ4v) is 4.30. The highest BCUT2D eigenvalue weighted by molar-refractivity contribution is 7.10. The molecule has 0 aromatic carbocycles. The first-order valence-electron chi connectivity index (χ1n) is 7.64. The summed E-state index contributed by atoms with van der Waals surface area (Å²) in [5.41, 5.74) is 1.40. The van der Waals surface area contributed by atoms with E-state index < -0.39 is 0 Å². The predicted molar refractivity (Wildman–Crippen MR) is 84.4 cm³/mol. The average molecular weight is 308 g/mol. The van der Waals surface area contributed by atoms with Crippen molar-refractivity contribution in [2.75, 3.05) is 27.2 Å². The fourth-order valence-electron chi connectivity index (χ4n) is 3.36. The van der Waals surface area contributed by atoms with E-state index in [4.69, 9.17) is 4.74 Å². The Morgan fingerprint density at radius 1 is 1.48 bits per heavy atom. The normalized spacial score (nSPS) is 28.8. The van der Waals surface area contributed by atoms with E-state index in [9.17, 15) is 4.79 Å². The van der Waals surface area contributed by atoms with Crippen molar-refractivity contribution in [1.82, 2.24) is 9.80 Å². The van der Waals surface area contributed by atoms with Crippen LogP contribution < -0.4 is 0 Å². The second-order valence-corrected chi connectivity index (χ2v) is 7.51. The van der Waals surface area contributed by atoms with Crippen molar-refractivity contribution in [2.45, 2.75) is 38.5 Å². The van der Waals surface area contributed by atoms with Gasteiger partial charge in [0.25, 0.3) is 0 Å². The van der Waals surface area contributed by atoms with Crippen LogP contribution in [0.5, 0.6) is 0 Å². The Hall–Kier alpha value is -0.910. The molecule has 1 amide bonds. The van der Waals surface area contributed by atoms with Gasteiger partial charge in [-0.2, -0.15) is 0 Å². The molecule has 5 heteroatoms. The summed E-state index contributed by atoms with van der Waals surface area (Å²) in [6.45, 7) is 5.34. The van der Waals surface area contributed by atoms with Crippen molar-refractivity contribution in [3.63, 3.8) is 0 Å². The fraction of sp³-hybridized carbons (Fsp3) is 0.688. The zero-order chi connectivity index (χ0) is 15.0. The maximum Gasteiger partial charge on any atom is 0.224 e. The van der Waals surface area contributed by atoms with E-state index in [1.54, 1.807) is 4.90 Å². The molecule has 3 heterocycles. The number of thiophene rings is 1. The van der Waals surface area contributed by atoms with E-state index in [-0.39, 0.29) is 12.0 Å². The standard InChI is InChI=1S/C16H24N2O2S/c1-11-4-5-21-15(11)10-18-8-12-6-13(20-14(12)9-18)7-16(19)17(2)3/h4-5,12-14H,6-10H2,1-3H3/t12-,13+,14+/m1/s1. The number of likely N-dealkylation sites (tertiary alicyclic amines) is 1. The molecule has 3 rings (SSSR count). The number of hydrogen-bond donors (Lipinski definition) is 0. The van der Waals surface area contributed by atoms with Crippen LogP contribution >= 0.6 is 11.3 Å². The van der Waals surface area contributed by atoms with E-state index in [2.05, 4.69) is 23.3 Å². The molecule has 1 aromatic heterocycles. The van der Waals surface area contributed by atoms with Crippen molar-refractivity contribution in [2.24, 2.45) is 5.92 Å². The van der Waals surface area contributed by atoms with Gasteiger partial charge in [-0.3, -0.25) is 9.69 Å². The van der Waals surface area contributed by atoms with E-state index in [0.717, 1.165) is 26.1 Å². The summed E-state index contributed by atoms with van der Waals surface area (Å²) >= 11 is 1.84. The lowest BCUT2D eigenvalue weighted by Gasteiger charge is -2.19. The molecule has 4 nitrogen and oxygen atoms in total. The number of nitrogens with zero attached hydrogens (tertiary/aromatic N) is 2. The second kappa shape index (κ2) is 6.07. The SMILES string of the molecule is Cc1ccsc1CN1C[C@H]2C[C@@H](CC(=O)N(C)C)O[C@H]2C1. The number of carbonyl (C=O) groups excluding carboxylic acids is 1. The molecule has 0 radical (unpaired) electrons. The van der Waals surface area contributed by atoms with Gasteiger partial charge in [0.1, 0.15) is 0 Å². The molecule has 21 heavy (non-hydrogen) atoms. The van der Waals surface area contributed by atoms with Crippen LogP contribution in [0.25, 0.3) is 0 Å². The molecule has 2 aliphatic heterocycles. The highest BCUT2D eigenvalue weighted by atomic mass is 32.1. The van der Waals surface area contributed by atoms with Gasteiger partial charge in [-0.25, -0.2) is 0 Å². The topological polar surface area (TPSA) is 32.8 Å². The minimum Gasteiger partial charge on any atom is -0.373 e. The summed E-state index contributed by atoms with van der Waals surface area (Å²) in [6, 6.07) is 2.19. The molecule has 0 aliphatic carbocycles. The molecule has 2 aliphatic rings. The van der Waals surface area contributed by atoms with E-state index in [1.807, 2.05) is 25.4 Å². The van der Waals surface area contributed by atoms with Gasteiger partial charge in [0.2, 0.25) is 5.91 Å². The summed E-state index contributed by atoms with van der Waals surface area (Å²) in [7, 11) is 3.62. The van der Waals surface area contributed by atoms with Gasteiger partial charge in [-0.05, 0) is 30.4 Å². The van der Waals surface area contributed by atoms with Crippen LogP contribution in [0.15, 0.2) is 11.4 Å². The highest BCUT2D eigenvalue weighted by Crippen LogP contribution is 2.35. The Kier molecular flexibility index (Phi) is 4.33. The van der Waals surface area contributed by atoms with E-state index in [1.165, 1.54) is 10.4 Å². The Bertz CT molecular complexity index is 500. The number of aryl methyl sites for hydroxylation is 1. The minimum absolute atomic E-state index is 0.125. The molecule has 0 spiro atoms. The summed E-state index contributed by atoms with van der Waals surface area (Å²) in [5.74, 6) is 0.774. The van der Waals surface area contributed by atoms with Crippen LogP contribution in [0.2, 0.25) is 0 Å². The van der Waals surface area contributed by atoms with Crippen molar-refractivity contribution >= 4 is 17.2 Å². The molecule has 0 unspecified atom stereocenters. The minimum atomic E-state index is 0.125. The second-order valence-electron chi connectivity index (χ2n) is 6.51. The number of hydrogen-bond acceptors (Lipinski definition) is 4. The Morgan fingerprint density at radius 3 is 2.90 bits per heavy atom. The smallest absolute Gasteiger partial charge is 0.224 e. The molecule has 0 N–H and O–H groups in total. The summed E-state index contributed by atoms with van der Waals surface area (Å²) in [5, 5.41) is 2.17. The third-order valence-corrected chi connectivity index (χ3v) is 5.63. The van der Waals surface area contributed by atoms with Crippen molar-refractivity contribution in [3.8, 4) is 0 Å². The molecule has 3 atom stereocenters. The first kappa shape index (κ1) is 15.0. The first-order chi connectivity index (χ1) is 10.0. The summed E-state index contributed by atoms with van der Waals surface area (Å²) in [4.78, 5) is 17.4. The maximum atomic E-state index is 11.8. The van der Waals surface area contributed by atoms with Crippen molar-refractivity contribution < 1.29 is 9.53 Å². The lowest BCUT2D eigenvalue weighted by molar-refractivity contribution is -0.131. The van der Waals surface area contributed by atoms with Gasteiger partial charge >= 0.3 is 0 Å². The molecule has 0 saturated carbocycles. The van der Waals surface area contributed by atoms with E-state index in [0.29, 0.717) is 18.4 Å². The van der Waals surface area contributed by atoms with Gasteiger partial charge in [-0.1, -0.05) is 0 Å². The molecular formula is C16H24N2O2S. The number of rotatable bonds is 4. The molecule has 2 saturated heterocycles. The largest absolute Gasteiger partial charge is 0.373 e. The van der Waals surface area contributed by atoms with Gasteiger partial charge in [0.05, 0.1) is 18.6 Å². The van der Waals surface area contributed by atoms with Crippen molar-refractivity contribution in [3.05, 3.63) is 21.9 Å². The van der Waals surface area contributed by atoms with Gasteiger partial charge in [0.15, 0.2) is 0 Å². The number of ether oxygens (including phenoxy) is 1. The molecule has 116 valence electrons. The lowest BCUT2D eigenvalue weighted by Crippen LogP contribution is -2.29. The molecule has 1 aromatic rings. The maximum absolute atomic E-state index is 11.8. The predicted octanol–water partition coefficient (Wildman–Crippen LogP) is 2.12. The first-order valence-corrected chi connectivity index (χ1v) is 8.52. The number of carbonyl (C=O) groups is 1. The van der Waals surface area contributed by atoms with Gasteiger partial charge in [-0.15, -0.1) is 11.3 Å². The number of fused-ring (bicyclic) bond motifs is 1. The molecule has 0 bridgehead atoms. The molecule has 2 fully saturated rings. The number of amides is 1. The third-order valence-electron chi connectivity index (χ3n) is 4.63. The van der Waals surface area contributed by atoms with Crippen LogP contribution in [0.3, 0.4) is 0 Å². The average Bonchev–Trinajstić information content (AvgIpc) is 3.06. The summed E-state index contributed by atoms with van der Waals surface area (Å²) < 4.78 is 6.10. The Balaban J connectivity index is 1.50. The zero-order valence-corrected chi connectivity index (χ0v) is 13.9. The van der Waals surface area contributed by atoms with Crippen LogP contribution in [-0.4, -0.2) is 55.1 Å². The van der Waals surface area contributed by atoms with Gasteiger partial charge < -0.3 is 9.64 Å². The van der Waals surface area contributed by atoms with E-state index >= 15 is 0 Å². The summed E-state index contributed by atoms with van der Waals surface area (Å²) in [6.07, 6.45) is 2.01. The van der Waals surface area contributed by atoms with Crippen LogP contribution in [0.4, 0.5) is 0 Å². The highest BCUT2D eigenvalue weighted by Gasteiger charge is 2.42. The van der Waals surface area contributed by atoms with Crippen molar-refractivity contribution in [1.29, 1.82) is 0 Å². The van der Waals surface area contributed by atoms with Crippen LogP contribution in [-0.2, 0) is 16.1 Å². The Labute approximate surface area is 130 Å². The quantitative estimate of drug-likeness (QED) is 0.854. The monoisotopic (exact) mass is 308 g/mol.